The standard InChI is InChI=1S/C16H17NO4/c1-4-20-12-6-5-7-13(9-12)21-15-14(16(18)19)10(2)8-11(3)17-15/h5-9H,4H2,1-3H3,(H,18,19). The number of hydrogen-bond donors (Lipinski definition) is 1. The first kappa shape index (κ1) is 14.8. The van der Waals surface area contributed by atoms with Crippen LogP contribution in [0.25, 0.3) is 0 Å². The first-order chi connectivity index (χ1) is 10.0. The molecule has 0 amide bonds. The molecule has 0 atom stereocenters. The first-order valence-electron chi connectivity index (χ1n) is 6.63. The fourth-order valence-corrected chi connectivity index (χ4v) is 2.04. The number of aromatic carboxylic acids is 1. The zero-order valence-electron chi connectivity index (χ0n) is 12.2. The van der Waals surface area contributed by atoms with Gasteiger partial charge in [-0.1, -0.05) is 6.07 Å². The van der Waals surface area contributed by atoms with Gasteiger partial charge >= 0.3 is 5.97 Å². The van der Waals surface area contributed by atoms with Crippen LogP contribution in [-0.4, -0.2) is 22.7 Å². The highest BCUT2D eigenvalue weighted by Gasteiger charge is 2.17. The normalized spacial score (nSPS) is 10.2. The number of pyridine rings is 1. The molecule has 1 aromatic carbocycles. The van der Waals surface area contributed by atoms with E-state index in [0.717, 1.165) is 0 Å². The van der Waals surface area contributed by atoms with Crippen LogP contribution >= 0.6 is 0 Å². The van der Waals surface area contributed by atoms with Crippen LogP contribution in [0.4, 0.5) is 0 Å². The number of carboxylic acids is 1. The van der Waals surface area contributed by atoms with E-state index in [1.807, 2.05) is 13.0 Å². The highest BCUT2D eigenvalue weighted by Crippen LogP contribution is 2.28. The van der Waals surface area contributed by atoms with Gasteiger partial charge < -0.3 is 14.6 Å². The van der Waals surface area contributed by atoms with Crippen molar-refractivity contribution in [2.75, 3.05) is 6.61 Å². The van der Waals surface area contributed by atoms with E-state index in [1.54, 1.807) is 38.1 Å². The lowest BCUT2D eigenvalue weighted by Crippen LogP contribution is -2.06. The maximum absolute atomic E-state index is 11.4. The molecule has 0 bridgehead atoms. The van der Waals surface area contributed by atoms with E-state index < -0.39 is 5.97 Å². The van der Waals surface area contributed by atoms with Gasteiger partial charge in [0.2, 0.25) is 5.88 Å². The van der Waals surface area contributed by atoms with Gasteiger partial charge in [-0.25, -0.2) is 9.78 Å². The minimum atomic E-state index is -1.06. The molecule has 0 radical (unpaired) electrons. The molecule has 0 fully saturated rings. The Morgan fingerprint density at radius 3 is 2.62 bits per heavy atom. The van der Waals surface area contributed by atoms with Gasteiger partial charge in [0.15, 0.2) is 0 Å². The number of ether oxygens (including phenoxy) is 2. The molecule has 5 heteroatoms. The number of aromatic nitrogens is 1. The number of nitrogens with zero attached hydrogens (tertiary/aromatic N) is 1. The Labute approximate surface area is 123 Å². The molecule has 1 heterocycles. The third-order valence-electron chi connectivity index (χ3n) is 2.86. The number of benzene rings is 1. The molecule has 2 aromatic rings. The third kappa shape index (κ3) is 3.51. The summed E-state index contributed by atoms with van der Waals surface area (Å²) in [6.07, 6.45) is 0. The summed E-state index contributed by atoms with van der Waals surface area (Å²) in [5, 5.41) is 9.31. The van der Waals surface area contributed by atoms with Gasteiger partial charge in [-0.3, -0.25) is 0 Å². The lowest BCUT2D eigenvalue weighted by Gasteiger charge is -2.11. The van der Waals surface area contributed by atoms with E-state index in [0.29, 0.717) is 29.4 Å². The van der Waals surface area contributed by atoms with Crippen LogP contribution in [0.1, 0.15) is 28.5 Å². The second kappa shape index (κ2) is 6.26. The predicted octanol–water partition coefficient (Wildman–Crippen LogP) is 3.59. The van der Waals surface area contributed by atoms with Crippen molar-refractivity contribution in [3.05, 3.63) is 47.2 Å². The van der Waals surface area contributed by atoms with E-state index in [9.17, 15) is 9.90 Å². The van der Waals surface area contributed by atoms with Gasteiger partial charge in [0.05, 0.1) is 6.61 Å². The highest BCUT2D eigenvalue weighted by molar-refractivity contribution is 5.92. The van der Waals surface area contributed by atoms with Crippen molar-refractivity contribution < 1.29 is 19.4 Å². The summed E-state index contributed by atoms with van der Waals surface area (Å²) in [7, 11) is 0. The van der Waals surface area contributed by atoms with Gasteiger partial charge in [-0.15, -0.1) is 0 Å². The molecule has 0 aliphatic heterocycles. The van der Waals surface area contributed by atoms with Crippen LogP contribution in [0, 0.1) is 13.8 Å². The number of aryl methyl sites for hydroxylation is 2. The lowest BCUT2D eigenvalue weighted by atomic mass is 10.1. The quantitative estimate of drug-likeness (QED) is 0.910. The van der Waals surface area contributed by atoms with E-state index in [1.165, 1.54) is 0 Å². The Bertz CT molecular complexity index is 667. The summed E-state index contributed by atoms with van der Waals surface area (Å²) >= 11 is 0. The molecule has 0 saturated carbocycles. The van der Waals surface area contributed by atoms with Crippen LogP contribution < -0.4 is 9.47 Å². The highest BCUT2D eigenvalue weighted by atomic mass is 16.5. The van der Waals surface area contributed by atoms with Crippen LogP contribution in [0.3, 0.4) is 0 Å². The molecule has 0 aliphatic carbocycles. The minimum Gasteiger partial charge on any atom is -0.494 e. The summed E-state index contributed by atoms with van der Waals surface area (Å²) in [5.41, 5.74) is 1.39. The molecule has 0 aliphatic rings. The molecule has 0 saturated heterocycles. The van der Waals surface area contributed by atoms with Gasteiger partial charge in [0, 0.05) is 11.8 Å². The monoisotopic (exact) mass is 287 g/mol. The number of carbonyl (C=O) groups is 1. The lowest BCUT2D eigenvalue weighted by molar-refractivity contribution is 0.0692. The van der Waals surface area contributed by atoms with Crippen LogP contribution in [0.2, 0.25) is 0 Å². The Morgan fingerprint density at radius 1 is 1.24 bits per heavy atom. The maximum Gasteiger partial charge on any atom is 0.341 e. The minimum absolute atomic E-state index is 0.0717. The third-order valence-corrected chi connectivity index (χ3v) is 2.86. The average Bonchev–Trinajstić information content (AvgIpc) is 2.38. The second-order valence-corrected chi connectivity index (χ2v) is 4.58. The van der Waals surface area contributed by atoms with Crippen LogP contribution in [-0.2, 0) is 0 Å². The van der Waals surface area contributed by atoms with Crippen molar-refractivity contribution >= 4 is 5.97 Å². The molecule has 21 heavy (non-hydrogen) atoms. The van der Waals surface area contributed by atoms with Crippen molar-refractivity contribution in [2.24, 2.45) is 0 Å². The largest absolute Gasteiger partial charge is 0.494 e. The maximum atomic E-state index is 11.4. The van der Waals surface area contributed by atoms with Crippen molar-refractivity contribution in [1.29, 1.82) is 0 Å². The summed E-state index contributed by atoms with van der Waals surface area (Å²) in [4.78, 5) is 15.6. The SMILES string of the molecule is CCOc1cccc(Oc2nc(C)cc(C)c2C(=O)O)c1. The number of rotatable bonds is 5. The fourth-order valence-electron chi connectivity index (χ4n) is 2.04. The molecule has 1 N–H and O–H groups in total. The van der Waals surface area contributed by atoms with Crippen molar-refractivity contribution in [3.63, 3.8) is 0 Å². The summed E-state index contributed by atoms with van der Waals surface area (Å²) in [6.45, 7) is 5.96. The molecule has 5 nitrogen and oxygen atoms in total. The Kier molecular flexibility index (Phi) is 4.42. The summed E-state index contributed by atoms with van der Waals surface area (Å²) in [6, 6.07) is 8.74. The zero-order valence-corrected chi connectivity index (χ0v) is 12.2. The topological polar surface area (TPSA) is 68.7 Å². The van der Waals surface area contributed by atoms with Gasteiger partial charge in [0.25, 0.3) is 0 Å². The van der Waals surface area contributed by atoms with Gasteiger partial charge in [-0.2, -0.15) is 0 Å². The fraction of sp³-hybridized carbons (Fsp3) is 0.250. The van der Waals surface area contributed by atoms with E-state index in [4.69, 9.17) is 9.47 Å². The van der Waals surface area contributed by atoms with Gasteiger partial charge in [-0.05, 0) is 44.5 Å². The second-order valence-electron chi connectivity index (χ2n) is 4.58. The molecule has 110 valence electrons. The summed E-state index contributed by atoms with van der Waals surface area (Å²) < 4.78 is 11.0. The molecule has 1 aromatic heterocycles. The Morgan fingerprint density at radius 2 is 1.95 bits per heavy atom. The van der Waals surface area contributed by atoms with E-state index >= 15 is 0 Å². The van der Waals surface area contributed by atoms with Crippen molar-refractivity contribution in [1.82, 2.24) is 4.98 Å². The molecular weight excluding hydrogens is 270 g/mol. The molecule has 2 rings (SSSR count). The van der Waals surface area contributed by atoms with Crippen LogP contribution in [0.15, 0.2) is 30.3 Å². The number of hydrogen-bond acceptors (Lipinski definition) is 4. The Balaban J connectivity index is 2.39. The van der Waals surface area contributed by atoms with Crippen molar-refractivity contribution in [3.8, 4) is 17.4 Å². The zero-order chi connectivity index (χ0) is 15.4. The predicted molar refractivity (Wildman–Crippen MR) is 78.4 cm³/mol. The molecule has 0 unspecified atom stereocenters. The summed E-state index contributed by atoms with van der Waals surface area (Å²) in [5.74, 6) is 0.182. The average molecular weight is 287 g/mol. The Hall–Kier alpha value is -2.56. The van der Waals surface area contributed by atoms with E-state index in [-0.39, 0.29) is 11.4 Å². The molecule has 0 spiro atoms. The van der Waals surface area contributed by atoms with Crippen molar-refractivity contribution in [2.45, 2.75) is 20.8 Å². The first-order valence-corrected chi connectivity index (χ1v) is 6.63. The smallest absolute Gasteiger partial charge is 0.341 e. The number of carboxylic acid groups (broad SMARTS) is 1. The van der Waals surface area contributed by atoms with Gasteiger partial charge in [0.1, 0.15) is 17.1 Å². The van der Waals surface area contributed by atoms with Crippen LogP contribution in [0.5, 0.6) is 17.4 Å². The molecular formula is C16H17NO4. The van der Waals surface area contributed by atoms with E-state index in [2.05, 4.69) is 4.98 Å².